The summed E-state index contributed by atoms with van der Waals surface area (Å²) in [6, 6.07) is 9.40. The second-order valence-corrected chi connectivity index (χ2v) is 7.50. The maximum Gasteiger partial charge on any atom is 0.255 e. The molecule has 9 heteroatoms. The van der Waals surface area contributed by atoms with Crippen LogP contribution in [0.15, 0.2) is 51.8 Å². The van der Waals surface area contributed by atoms with E-state index in [1.165, 1.54) is 7.11 Å². The lowest BCUT2D eigenvalue weighted by atomic mass is 9.99. The summed E-state index contributed by atoms with van der Waals surface area (Å²) in [5, 5.41) is 18.8. The Bertz CT molecular complexity index is 1180. The Morgan fingerprint density at radius 1 is 1.04 bits per heavy atom. The van der Waals surface area contributed by atoms with E-state index >= 15 is 0 Å². The van der Waals surface area contributed by atoms with Gasteiger partial charge in [-0.05, 0) is 67.8 Å². The molecule has 0 radical (unpaired) electrons. The van der Waals surface area contributed by atoms with Crippen LogP contribution in [0.5, 0.6) is 17.2 Å². The van der Waals surface area contributed by atoms with Gasteiger partial charge in [-0.2, -0.15) is 0 Å². The van der Waals surface area contributed by atoms with E-state index in [0.717, 1.165) is 17.0 Å². The van der Waals surface area contributed by atoms with Crippen molar-refractivity contribution in [3.05, 3.63) is 51.8 Å². The van der Waals surface area contributed by atoms with Crippen LogP contribution in [0.4, 0.5) is 0 Å². The molecule has 1 N–H and O–H groups in total. The molecule has 0 saturated carbocycles. The molecule has 7 nitrogen and oxygen atoms in total. The van der Waals surface area contributed by atoms with Crippen molar-refractivity contribution in [2.75, 3.05) is 14.2 Å². The lowest BCUT2D eigenvalue weighted by molar-refractivity contribution is 0.401. The van der Waals surface area contributed by atoms with Gasteiger partial charge in [-0.15, -0.1) is 10.2 Å². The van der Waals surface area contributed by atoms with Crippen LogP contribution in [0.25, 0.3) is 28.2 Å². The fourth-order valence-corrected chi connectivity index (χ4v) is 4.46. The lowest BCUT2D eigenvalue weighted by Gasteiger charge is -2.16. The SMILES string of the molecule is COc1ccc(-c2c(-c3cc(Br)c(OC)c(Br)c3O)cnc3nncn23)cc1. The Morgan fingerprint density at radius 3 is 2.46 bits per heavy atom. The topological polar surface area (TPSA) is 81.8 Å². The summed E-state index contributed by atoms with van der Waals surface area (Å²) in [4.78, 5) is 4.37. The van der Waals surface area contributed by atoms with Crippen LogP contribution in [0.3, 0.4) is 0 Å². The van der Waals surface area contributed by atoms with Crippen molar-refractivity contribution >= 4 is 37.6 Å². The van der Waals surface area contributed by atoms with E-state index in [9.17, 15) is 5.11 Å². The molecule has 0 aliphatic heterocycles. The maximum absolute atomic E-state index is 10.8. The highest BCUT2D eigenvalue weighted by Gasteiger charge is 2.21. The van der Waals surface area contributed by atoms with Gasteiger partial charge in [-0.25, -0.2) is 4.98 Å². The fraction of sp³-hybridized carbons (Fsp3) is 0.105. The third-order valence-electron chi connectivity index (χ3n) is 4.34. The molecule has 2 heterocycles. The van der Waals surface area contributed by atoms with Crippen molar-refractivity contribution in [2.45, 2.75) is 0 Å². The van der Waals surface area contributed by atoms with Crippen molar-refractivity contribution in [3.8, 4) is 39.6 Å². The summed E-state index contributed by atoms with van der Waals surface area (Å²) in [5.41, 5.74) is 2.97. The minimum atomic E-state index is 0.0454. The largest absolute Gasteiger partial charge is 0.506 e. The summed E-state index contributed by atoms with van der Waals surface area (Å²) in [5.74, 6) is 1.76. The van der Waals surface area contributed by atoms with Crippen molar-refractivity contribution in [2.24, 2.45) is 0 Å². The van der Waals surface area contributed by atoms with Crippen molar-refractivity contribution in [3.63, 3.8) is 0 Å². The second kappa shape index (κ2) is 7.40. The number of ether oxygens (including phenoxy) is 2. The lowest BCUT2D eigenvalue weighted by Crippen LogP contribution is -1.99. The minimum absolute atomic E-state index is 0.0454. The molecule has 0 aliphatic carbocycles. The third kappa shape index (κ3) is 3.00. The Morgan fingerprint density at radius 2 is 1.79 bits per heavy atom. The second-order valence-electron chi connectivity index (χ2n) is 5.85. The van der Waals surface area contributed by atoms with E-state index in [4.69, 9.17) is 9.47 Å². The van der Waals surface area contributed by atoms with E-state index in [0.29, 0.717) is 31.6 Å². The maximum atomic E-state index is 10.8. The first-order valence-corrected chi connectivity index (χ1v) is 9.72. The third-order valence-corrected chi connectivity index (χ3v) is 5.67. The number of benzene rings is 2. The molecule has 0 aliphatic rings. The normalized spacial score (nSPS) is 11.0. The van der Waals surface area contributed by atoms with Gasteiger partial charge in [-0.3, -0.25) is 4.40 Å². The van der Waals surface area contributed by atoms with Gasteiger partial charge in [0.05, 0.1) is 24.4 Å². The van der Waals surface area contributed by atoms with E-state index in [2.05, 4.69) is 47.0 Å². The Labute approximate surface area is 177 Å². The first kappa shape index (κ1) is 18.7. The number of hydrogen-bond acceptors (Lipinski definition) is 6. The average Bonchev–Trinajstić information content (AvgIpc) is 3.19. The Balaban J connectivity index is 2.03. The number of phenols is 1. The Hall–Kier alpha value is -2.65. The number of aromatic nitrogens is 4. The molecule has 142 valence electrons. The molecule has 28 heavy (non-hydrogen) atoms. The summed E-state index contributed by atoms with van der Waals surface area (Å²) in [6.45, 7) is 0. The van der Waals surface area contributed by atoms with Crippen LogP contribution in [0.1, 0.15) is 0 Å². The van der Waals surface area contributed by atoms with E-state index in [1.54, 1.807) is 30.1 Å². The highest BCUT2D eigenvalue weighted by Crippen LogP contribution is 2.47. The number of nitrogens with zero attached hydrogens (tertiary/aromatic N) is 4. The molecule has 2 aromatic carbocycles. The van der Waals surface area contributed by atoms with Crippen LogP contribution in [0.2, 0.25) is 0 Å². The molecule has 4 rings (SSSR count). The predicted octanol–water partition coefficient (Wildman–Crippen LogP) is 4.71. The molecule has 0 spiro atoms. The molecular weight excluding hydrogens is 492 g/mol. The standard InChI is InChI=1S/C19H14Br2N4O3/c1-27-11-5-3-10(4-6-11)16-13(8-22-19-24-23-9-25(16)19)12-7-14(20)18(28-2)15(21)17(12)26/h3-9,26H,1-2H3. The van der Waals surface area contributed by atoms with Gasteiger partial charge in [0, 0.05) is 17.3 Å². The van der Waals surface area contributed by atoms with Gasteiger partial charge < -0.3 is 14.6 Å². The summed E-state index contributed by atoms with van der Waals surface area (Å²) >= 11 is 6.90. The molecule has 0 saturated heterocycles. The summed E-state index contributed by atoms with van der Waals surface area (Å²) < 4.78 is 13.5. The van der Waals surface area contributed by atoms with Crippen LogP contribution in [-0.2, 0) is 0 Å². The van der Waals surface area contributed by atoms with Crippen molar-refractivity contribution in [1.82, 2.24) is 19.6 Å². The van der Waals surface area contributed by atoms with Gasteiger partial charge in [0.2, 0.25) is 0 Å². The fourth-order valence-electron chi connectivity index (χ4n) is 3.01. The number of rotatable bonds is 4. The first-order chi connectivity index (χ1) is 13.5. The average molecular weight is 506 g/mol. The van der Waals surface area contributed by atoms with Crippen LogP contribution < -0.4 is 9.47 Å². The molecule has 0 bridgehead atoms. The number of halogens is 2. The van der Waals surface area contributed by atoms with E-state index in [1.807, 2.05) is 24.3 Å². The smallest absolute Gasteiger partial charge is 0.255 e. The number of methoxy groups -OCH3 is 2. The van der Waals surface area contributed by atoms with Gasteiger partial charge in [0.25, 0.3) is 5.78 Å². The van der Waals surface area contributed by atoms with Gasteiger partial charge in [-0.1, -0.05) is 0 Å². The first-order valence-electron chi connectivity index (χ1n) is 8.13. The van der Waals surface area contributed by atoms with Gasteiger partial charge >= 0.3 is 0 Å². The summed E-state index contributed by atoms with van der Waals surface area (Å²) in [7, 11) is 3.16. The zero-order valence-electron chi connectivity index (χ0n) is 14.8. The molecule has 0 unspecified atom stereocenters. The molecule has 2 aromatic heterocycles. The number of fused-ring (bicyclic) bond motifs is 1. The van der Waals surface area contributed by atoms with Crippen LogP contribution in [0, 0.1) is 0 Å². The van der Waals surface area contributed by atoms with E-state index in [-0.39, 0.29) is 5.75 Å². The number of aromatic hydroxyl groups is 1. The quantitative estimate of drug-likeness (QED) is 0.432. The molecule has 0 fully saturated rings. The molecule has 4 aromatic rings. The summed E-state index contributed by atoms with van der Waals surface area (Å²) in [6.07, 6.45) is 3.26. The predicted molar refractivity (Wildman–Crippen MR) is 112 cm³/mol. The molecular formula is C19H14Br2N4O3. The van der Waals surface area contributed by atoms with Crippen molar-refractivity contribution < 1.29 is 14.6 Å². The van der Waals surface area contributed by atoms with E-state index < -0.39 is 0 Å². The highest BCUT2D eigenvalue weighted by atomic mass is 79.9. The van der Waals surface area contributed by atoms with Crippen molar-refractivity contribution in [1.29, 1.82) is 0 Å². The zero-order chi connectivity index (χ0) is 19.8. The number of phenolic OH excluding ortho intramolecular Hbond substituents is 1. The van der Waals surface area contributed by atoms with Crippen LogP contribution >= 0.6 is 31.9 Å². The van der Waals surface area contributed by atoms with Gasteiger partial charge in [0.1, 0.15) is 22.3 Å². The number of hydrogen-bond donors (Lipinski definition) is 1. The van der Waals surface area contributed by atoms with Gasteiger partial charge in [0.15, 0.2) is 5.75 Å². The highest BCUT2D eigenvalue weighted by molar-refractivity contribution is 9.11. The minimum Gasteiger partial charge on any atom is -0.506 e. The molecule has 0 amide bonds. The Kier molecular flexibility index (Phi) is 4.94. The zero-order valence-corrected chi connectivity index (χ0v) is 18.0. The monoisotopic (exact) mass is 504 g/mol. The molecule has 0 atom stereocenters. The van der Waals surface area contributed by atoms with Crippen LogP contribution in [-0.4, -0.2) is 38.9 Å².